The number of carbonyl (C=O) groups excluding carboxylic acids is 1. The van der Waals surface area contributed by atoms with Crippen LogP contribution in [0.3, 0.4) is 0 Å². The average molecular weight is 414 g/mol. The second kappa shape index (κ2) is 8.00. The first-order valence-electron chi connectivity index (χ1n) is 10.3. The summed E-state index contributed by atoms with van der Waals surface area (Å²) < 4.78 is 2.13. The number of anilines is 1. The summed E-state index contributed by atoms with van der Waals surface area (Å²) in [6.07, 6.45) is 3.46. The van der Waals surface area contributed by atoms with Gasteiger partial charge in [0.15, 0.2) is 5.16 Å². The van der Waals surface area contributed by atoms with Gasteiger partial charge in [-0.2, -0.15) is 0 Å². The molecule has 30 heavy (non-hydrogen) atoms. The van der Waals surface area contributed by atoms with Crippen LogP contribution in [-0.4, -0.2) is 21.2 Å². The van der Waals surface area contributed by atoms with Crippen LogP contribution in [0.25, 0.3) is 16.7 Å². The Bertz CT molecular complexity index is 1230. The van der Waals surface area contributed by atoms with Gasteiger partial charge in [0, 0.05) is 11.4 Å². The summed E-state index contributed by atoms with van der Waals surface area (Å²) in [5, 5.41) is 3.87. The van der Waals surface area contributed by atoms with Crippen molar-refractivity contribution in [2.45, 2.75) is 31.3 Å². The molecule has 0 saturated heterocycles. The van der Waals surface area contributed by atoms with Crippen molar-refractivity contribution in [1.82, 2.24) is 9.55 Å². The van der Waals surface area contributed by atoms with Crippen molar-refractivity contribution in [2.75, 3.05) is 11.1 Å². The highest BCUT2D eigenvalue weighted by molar-refractivity contribution is 7.99. The van der Waals surface area contributed by atoms with Crippen molar-refractivity contribution in [3.63, 3.8) is 0 Å². The van der Waals surface area contributed by atoms with E-state index in [4.69, 9.17) is 4.98 Å². The number of fused-ring (bicyclic) bond motifs is 2. The maximum Gasteiger partial charge on any atom is 0.234 e. The highest BCUT2D eigenvalue weighted by Gasteiger charge is 2.15. The lowest BCUT2D eigenvalue weighted by atomic mass is 10.1. The lowest BCUT2D eigenvalue weighted by Crippen LogP contribution is -2.14. The predicted molar refractivity (Wildman–Crippen MR) is 124 cm³/mol. The molecule has 1 aliphatic carbocycles. The molecule has 1 heterocycles. The van der Waals surface area contributed by atoms with E-state index in [0.717, 1.165) is 40.4 Å². The molecule has 5 heteroatoms. The zero-order valence-electron chi connectivity index (χ0n) is 16.9. The molecule has 1 aromatic heterocycles. The molecule has 1 N–H and O–H groups in total. The number of benzene rings is 3. The van der Waals surface area contributed by atoms with E-state index in [1.54, 1.807) is 0 Å². The standard InChI is InChI=1S/C25H23N3OS/c1-17-9-13-21(14-10-17)28-23-8-3-2-7-22(23)27-25(28)30-16-24(29)26-20-12-11-18-5-4-6-19(18)15-20/h2-3,7-15H,4-6,16H2,1H3,(H,26,29). The minimum absolute atomic E-state index is 0.0135. The Kier molecular flexibility index (Phi) is 5.05. The zero-order chi connectivity index (χ0) is 20.5. The molecule has 0 bridgehead atoms. The van der Waals surface area contributed by atoms with Crippen LogP contribution in [0.1, 0.15) is 23.1 Å². The molecule has 0 atom stereocenters. The fourth-order valence-electron chi connectivity index (χ4n) is 4.02. The Labute approximate surface area is 180 Å². The smallest absolute Gasteiger partial charge is 0.234 e. The number of thioether (sulfide) groups is 1. The largest absolute Gasteiger partial charge is 0.325 e. The van der Waals surface area contributed by atoms with Gasteiger partial charge in [-0.1, -0.05) is 47.7 Å². The van der Waals surface area contributed by atoms with Crippen LogP contribution in [-0.2, 0) is 17.6 Å². The van der Waals surface area contributed by atoms with Gasteiger partial charge in [0.25, 0.3) is 0 Å². The molecule has 4 nitrogen and oxygen atoms in total. The third kappa shape index (κ3) is 3.73. The van der Waals surface area contributed by atoms with Crippen molar-refractivity contribution in [3.8, 4) is 5.69 Å². The van der Waals surface area contributed by atoms with Crippen molar-refractivity contribution in [1.29, 1.82) is 0 Å². The normalized spacial score (nSPS) is 12.8. The Morgan fingerprint density at radius 3 is 2.70 bits per heavy atom. The highest BCUT2D eigenvalue weighted by atomic mass is 32.2. The Morgan fingerprint density at radius 1 is 1.03 bits per heavy atom. The summed E-state index contributed by atoms with van der Waals surface area (Å²) in [6.45, 7) is 2.08. The third-order valence-electron chi connectivity index (χ3n) is 5.54. The number of nitrogens with one attached hydrogen (secondary N) is 1. The number of aryl methyl sites for hydroxylation is 3. The van der Waals surface area contributed by atoms with Gasteiger partial charge in [0.1, 0.15) is 0 Å². The summed E-state index contributed by atoms with van der Waals surface area (Å²) in [4.78, 5) is 17.4. The van der Waals surface area contributed by atoms with E-state index >= 15 is 0 Å². The van der Waals surface area contributed by atoms with Gasteiger partial charge < -0.3 is 5.32 Å². The van der Waals surface area contributed by atoms with E-state index in [1.165, 1.54) is 34.9 Å². The van der Waals surface area contributed by atoms with Gasteiger partial charge in [-0.05, 0) is 73.7 Å². The molecule has 1 aliphatic rings. The Balaban J connectivity index is 1.37. The van der Waals surface area contributed by atoms with Crippen LogP contribution in [0, 0.1) is 6.92 Å². The summed E-state index contributed by atoms with van der Waals surface area (Å²) in [5.41, 5.74) is 7.90. The number of nitrogens with zero attached hydrogens (tertiary/aromatic N) is 2. The summed E-state index contributed by atoms with van der Waals surface area (Å²) >= 11 is 1.46. The Morgan fingerprint density at radius 2 is 1.83 bits per heavy atom. The maximum absolute atomic E-state index is 12.6. The second-order valence-electron chi connectivity index (χ2n) is 7.73. The quantitative estimate of drug-likeness (QED) is 0.436. The summed E-state index contributed by atoms with van der Waals surface area (Å²) in [7, 11) is 0. The first kappa shape index (κ1) is 18.9. The molecule has 5 rings (SSSR count). The number of amides is 1. The molecule has 3 aromatic carbocycles. The van der Waals surface area contributed by atoms with Crippen molar-refractivity contribution < 1.29 is 4.79 Å². The fraction of sp³-hybridized carbons (Fsp3) is 0.200. The average Bonchev–Trinajstić information content (AvgIpc) is 3.37. The molecular formula is C25H23N3OS. The highest BCUT2D eigenvalue weighted by Crippen LogP contribution is 2.29. The van der Waals surface area contributed by atoms with Crippen LogP contribution in [0.4, 0.5) is 5.69 Å². The SMILES string of the molecule is Cc1ccc(-n2c(SCC(=O)Nc3ccc4c(c3)CCC4)nc3ccccc32)cc1. The molecule has 0 spiro atoms. The van der Waals surface area contributed by atoms with E-state index in [1.807, 2.05) is 24.3 Å². The predicted octanol–water partition coefficient (Wildman–Crippen LogP) is 5.55. The number of rotatable bonds is 5. The van der Waals surface area contributed by atoms with E-state index in [9.17, 15) is 4.79 Å². The van der Waals surface area contributed by atoms with Crippen LogP contribution < -0.4 is 5.32 Å². The van der Waals surface area contributed by atoms with Gasteiger partial charge >= 0.3 is 0 Å². The number of carbonyl (C=O) groups is 1. The third-order valence-corrected chi connectivity index (χ3v) is 6.48. The number of hydrogen-bond acceptors (Lipinski definition) is 3. The van der Waals surface area contributed by atoms with E-state index in [2.05, 4.69) is 59.3 Å². The zero-order valence-corrected chi connectivity index (χ0v) is 17.7. The van der Waals surface area contributed by atoms with Gasteiger partial charge in [-0.25, -0.2) is 4.98 Å². The van der Waals surface area contributed by atoms with Crippen molar-refractivity contribution in [3.05, 3.63) is 83.4 Å². The molecule has 0 unspecified atom stereocenters. The molecule has 150 valence electrons. The van der Waals surface area contributed by atoms with Crippen LogP contribution >= 0.6 is 11.8 Å². The van der Waals surface area contributed by atoms with Crippen LogP contribution in [0.5, 0.6) is 0 Å². The molecule has 4 aromatic rings. The second-order valence-corrected chi connectivity index (χ2v) is 8.67. The van der Waals surface area contributed by atoms with E-state index in [0.29, 0.717) is 5.75 Å². The Hall–Kier alpha value is -3.05. The summed E-state index contributed by atoms with van der Waals surface area (Å²) in [5.74, 6) is 0.298. The van der Waals surface area contributed by atoms with E-state index < -0.39 is 0 Å². The van der Waals surface area contributed by atoms with Crippen LogP contribution in [0.2, 0.25) is 0 Å². The topological polar surface area (TPSA) is 46.9 Å². The number of imidazole rings is 1. The number of hydrogen-bond donors (Lipinski definition) is 1. The summed E-state index contributed by atoms with van der Waals surface area (Å²) in [6, 6.07) is 22.7. The first-order valence-corrected chi connectivity index (χ1v) is 11.2. The minimum Gasteiger partial charge on any atom is -0.325 e. The number of aromatic nitrogens is 2. The van der Waals surface area contributed by atoms with Gasteiger partial charge in [0.05, 0.1) is 16.8 Å². The number of para-hydroxylation sites is 2. The molecular weight excluding hydrogens is 390 g/mol. The van der Waals surface area contributed by atoms with E-state index in [-0.39, 0.29) is 5.91 Å². The molecule has 0 fully saturated rings. The maximum atomic E-state index is 12.6. The van der Waals surface area contributed by atoms with Crippen molar-refractivity contribution in [2.24, 2.45) is 0 Å². The van der Waals surface area contributed by atoms with Gasteiger partial charge in [0.2, 0.25) is 5.91 Å². The molecule has 0 saturated carbocycles. The van der Waals surface area contributed by atoms with Gasteiger partial charge in [-0.3, -0.25) is 9.36 Å². The minimum atomic E-state index is -0.0135. The molecule has 0 aliphatic heterocycles. The first-order chi connectivity index (χ1) is 14.7. The van der Waals surface area contributed by atoms with Crippen molar-refractivity contribution >= 4 is 34.4 Å². The molecule has 0 radical (unpaired) electrons. The van der Waals surface area contributed by atoms with Gasteiger partial charge in [-0.15, -0.1) is 0 Å². The lowest BCUT2D eigenvalue weighted by molar-refractivity contribution is -0.113. The fourth-order valence-corrected chi connectivity index (χ4v) is 4.85. The lowest BCUT2D eigenvalue weighted by Gasteiger charge is -2.10. The molecule has 1 amide bonds. The monoisotopic (exact) mass is 413 g/mol. The van der Waals surface area contributed by atoms with Crippen LogP contribution in [0.15, 0.2) is 71.9 Å².